The topological polar surface area (TPSA) is 96.9 Å². The Morgan fingerprint density at radius 3 is 2.64 bits per heavy atom. The minimum atomic E-state index is -0.107. The van der Waals surface area contributed by atoms with Gasteiger partial charge in [-0.3, -0.25) is 9.79 Å². The number of nitrogens with zero attached hydrogens (tertiary/aromatic N) is 2. The molecule has 1 aromatic carbocycles. The third kappa shape index (κ3) is 8.38. The monoisotopic (exact) mass is 567 g/mol. The number of carbonyl (C=O) groups excluding carboxylic acids is 1. The second-order valence-electron chi connectivity index (χ2n) is 7.84. The number of pyridine rings is 1. The summed E-state index contributed by atoms with van der Waals surface area (Å²) in [5.41, 5.74) is 2.05. The number of hydrogen-bond acceptors (Lipinski definition) is 5. The lowest BCUT2D eigenvalue weighted by Crippen LogP contribution is -2.38. The third-order valence-electron chi connectivity index (χ3n) is 5.36. The molecule has 0 bridgehead atoms. The summed E-state index contributed by atoms with van der Waals surface area (Å²) in [6.45, 7) is 2.93. The van der Waals surface area contributed by atoms with E-state index in [2.05, 4.69) is 25.9 Å². The second kappa shape index (κ2) is 13.9. The number of nitrogens with one attached hydrogen (secondary N) is 3. The number of amides is 1. The maximum atomic E-state index is 12.1. The van der Waals surface area contributed by atoms with E-state index in [1.54, 1.807) is 26.4 Å². The predicted octanol–water partition coefficient (Wildman–Crippen LogP) is 4.03. The Balaban J connectivity index is 0.00000385. The van der Waals surface area contributed by atoms with Crippen molar-refractivity contribution in [2.45, 2.75) is 51.7 Å². The summed E-state index contributed by atoms with van der Waals surface area (Å²) in [7, 11) is 3.36. The molecule has 1 heterocycles. The zero-order valence-electron chi connectivity index (χ0n) is 19.5. The van der Waals surface area contributed by atoms with Gasteiger partial charge in [-0.25, -0.2) is 4.98 Å². The van der Waals surface area contributed by atoms with Crippen LogP contribution in [-0.2, 0) is 11.3 Å². The number of anilines is 1. The molecule has 1 fully saturated rings. The number of ether oxygens (including phenoxy) is 2. The Morgan fingerprint density at radius 1 is 1.18 bits per heavy atom. The largest absolute Gasteiger partial charge is 0.493 e. The van der Waals surface area contributed by atoms with Crippen molar-refractivity contribution in [2.75, 3.05) is 26.0 Å². The van der Waals surface area contributed by atoms with Gasteiger partial charge in [0.05, 0.1) is 13.2 Å². The molecule has 1 saturated carbocycles. The molecule has 180 valence electrons. The first-order chi connectivity index (χ1) is 15.6. The zero-order valence-corrected chi connectivity index (χ0v) is 21.8. The van der Waals surface area contributed by atoms with Gasteiger partial charge in [0.2, 0.25) is 5.91 Å². The van der Waals surface area contributed by atoms with Gasteiger partial charge in [-0.15, -0.1) is 24.0 Å². The first-order valence-electron chi connectivity index (χ1n) is 11.1. The minimum Gasteiger partial charge on any atom is -0.493 e. The Hall–Kier alpha value is -2.56. The minimum absolute atomic E-state index is 0. The molecular formula is C24H34IN5O3. The fourth-order valence-electron chi connectivity index (χ4n) is 3.61. The smallest absolute Gasteiger partial charge is 0.227 e. The number of benzene rings is 1. The molecule has 0 aliphatic heterocycles. The molecule has 3 N–H and O–H groups in total. The molecule has 3 rings (SSSR count). The number of aromatic nitrogens is 1. The van der Waals surface area contributed by atoms with Crippen LogP contribution in [0.3, 0.4) is 0 Å². The molecule has 0 spiro atoms. The highest BCUT2D eigenvalue weighted by molar-refractivity contribution is 14.0. The van der Waals surface area contributed by atoms with Crippen molar-refractivity contribution >= 4 is 41.7 Å². The Kier molecular flexibility index (Phi) is 11.2. The van der Waals surface area contributed by atoms with E-state index in [1.165, 1.54) is 12.8 Å². The van der Waals surface area contributed by atoms with Gasteiger partial charge in [0.15, 0.2) is 17.5 Å². The van der Waals surface area contributed by atoms with Crippen molar-refractivity contribution in [3.8, 4) is 11.5 Å². The molecule has 1 aliphatic carbocycles. The van der Waals surface area contributed by atoms with Crippen LogP contribution >= 0.6 is 24.0 Å². The Bertz CT molecular complexity index is 915. The number of halogens is 1. The molecule has 0 unspecified atom stereocenters. The fourth-order valence-corrected chi connectivity index (χ4v) is 3.61. The van der Waals surface area contributed by atoms with Crippen molar-refractivity contribution in [1.82, 2.24) is 15.6 Å². The van der Waals surface area contributed by atoms with Gasteiger partial charge in [0.25, 0.3) is 0 Å². The van der Waals surface area contributed by atoms with E-state index in [9.17, 15) is 4.79 Å². The lowest BCUT2D eigenvalue weighted by Gasteiger charge is -2.20. The van der Waals surface area contributed by atoms with E-state index >= 15 is 0 Å². The van der Waals surface area contributed by atoms with Gasteiger partial charge in [-0.1, -0.05) is 18.2 Å². The van der Waals surface area contributed by atoms with Crippen LogP contribution in [0.15, 0.2) is 41.5 Å². The SMILES string of the molecule is CN=C(NCCC(=O)Nc1ccc(C)cn1)NCc1cccc(OC)c1OC1CCCC1.I. The summed E-state index contributed by atoms with van der Waals surface area (Å²) in [5, 5.41) is 9.26. The van der Waals surface area contributed by atoms with Crippen molar-refractivity contribution in [2.24, 2.45) is 4.99 Å². The number of para-hydroxylation sites is 1. The number of rotatable bonds is 9. The van der Waals surface area contributed by atoms with E-state index < -0.39 is 0 Å². The molecule has 0 radical (unpaired) electrons. The van der Waals surface area contributed by atoms with Crippen molar-refractivity contribution in [3.05, 3.63) is 47.7 Å². The predicted molar refractivity (Wildman–Crippen MR) is 142 cm³/mol. The third-order valence-corrected chi connectivity index (χ3v) is 5.36. The van der Waals surface area contributed by atoms with Gasteiger partial charge in [-0.05, 0) is 50.3 Å². The number of aliphatic imine (C=N–C) groups is 1. The summed E-state index contributed by atoms with van der Waals surface area (Å²) in [4.78, 5) is 20.6. The van der Waals surface area contributed by atoms with E-state index in [0.29, 0.717) is 31.3 Å². The van der Waals surface area contributed by atoms with Gasteiger partial charge in [0, 0.05) is 38.3 Å². The molecular weight excluding hydrogens is 533 g/mol. The second-order valence-corrected chi connectivity index (χ2v) is 7.84. The van der Waals surface area contributed by atoms with Crippen LogP contribution in [0.1, 0.15) is 43.2 Å². The van der Waals surface area contributed by atoms with Crippen LogP contribution in [0.4, 0.5) is 5.82 Å². The fraction of sp³-hybridized carbons (Fsp3) is 0.458. The highest BCUT2D eigenvalue weighted by Gasteiger charge is 2.20. The number of methoxy groups -OCH3 is 1. The highest BCUT2D eigenvalue weighted by Crippen LogP contribution is 2.34. The summed E-state index contributed by atoms with van der Waals surface area (Å²) >= 11 is 0. The average molecular weight is 567 g/mol. The van der Waals surface area contributed by atoms with Crippen molar-refractivity contribution in [1.29, 1.82) is 0 Å². The van der Waals surface area contributed by atoms with Gasteiger partial charge >= 0.3 is 0 Å². The molecule has 1 aromatic heterocycles. The normalized spacial score (nSPS) is 13.7. The maximum absolute atomic E-state index is 12.1. The number of aryl methyl sites for hydroxylation is 1. The molecule has 1 aliphatic rings. The first-order valence-corrected chi connectivity index (χ1v) is 11.1. The van der Waals surface area contributed by atoms with Crippen LogP contribution < -0.4 is 25.4 Å². The maximum Gasteiger partial charge on any atom is 0.227 e. The molecule has 0 atom stereocenters. The number of guanidine groups is 1. The Morgan fingerprint density at radius 2 is 1.97 bits per heavy atom. The summed E-state index contributed by atoms with van der Waals surface area (Å²) in [6.07, 6.45) is 6.83. The summed E-state index contributed by atoms with van der Waals surface area (Å²) in [6, 6.07) is 9.60. The van der Waals surface area contributed by atoms with Crippen LogP contribution in [-0.4, -0.2) is 43.7 Å². The van der Waals surface area contributed by atoms with E-state index in [-0.39, 0.29) is 36.0 Å². The van der Waals surface area contributed by atoms with E-state index in [1.807, 2.05) is 31.2 Å². The molecule has 2 aromatic rings. The molecule has 0 saturated heterocycles. The quantitative estimate of drug-likeness (QED) is 0.241. The first kappa shape index (κ1) is 26.7. The number of hydrogen-bond donors (Lipinski definition) is 3. The summed E-state index contributed by atoms with van der Waals surface area (Å²) < 4.78 is 11.8. The average Bonchev–Trinajstić information content (AvgIpc) is 3.31. The van der Waals surface area contributed by atoms with Crippen molar-refractivity contribution in [3.63, 3.8) is 0 Å². The number of carbonyl (C=O) groups is 1. The van der Waals surface area contributed by atoms with Crippen LogP contribution in [0, 0.1) is 6.92 Å². The lowest BCUT2D eigenvalue weighted by atomic mass is 10.1. The zero-order chi connectivity index (χ0) is 22.8. The molecule has 1 amide bonds. The Labute approximate surface area is 213 Å². The molecule has 33 heavy (non-hydrogen) atoms. The highest BCUT2D eigenvalue weighted by atomic mass is 127. The van der Waals surface area contributed by atoms with Gasteiger partial charge in [0.1, 0.15) is 5.82 Å². The van der Waals surface area contributed by atoms with E-state index in [0.717, 1.165) is 35.5 Å². The lowest BCUT2D eigenvalue weighted by molar-refractivity contribution is -0.116. The van der Waals surface area contributed by atoms with Crippen LogP contribution in [0.2, 0.25) is 0 Å². The molecule has 8 nitrogen and oxygen atoms in total. The van der Waals surface area contributed by atoms with Crippen molar-refractivity contribution < 1.29 is 14.3 Å². The van der Waals surface area contributed by atoms with E-state index in [4.69, 9.17) is 9.47 Å². The summed E-state index contributed by atoms with van der Waals surface area (Å²) in [5.74, 6) is 2.58. The van der Waals surface area contributed by atoms with Crippen LogP contribution in [0.5, 0.6) is 11.5 Å². The van der Waals surface area contributed by atoms with Gasteiger partial charge in [-0.2, -0.15) is 0 Å². The van der Waals surface area contributed by atoms with Crippen LogP contribution in [0.25, 0.3) is 0 Å². The van der Waals surface area contributed by atoms with Gasteiger partial charge < -0.3 is 25.4 Å². The molecule has 9 heteroatoms. The standard InChI is InChI=1S/C24H33N5O3.HI/c1-17-11-12-21(27-15-17)29-22(30)13-14-26-24(25-2)28-16-18-7-6-10-20(31-3)23(18)32-19-8-4-5-9-19;/h6-7,10-12,15,19H,4-5,8-9,13-14,16H2,1-3H3,(H2,25,26,28)(H,27,29,30);1H.